The van der Waals surface area contributed by atoms with Crippen LogP contribution in [0.2, 0.25) is 0 Å². The molecular weight excluding hydrogens is 214 g/mol. The van der Waals surface area contributed by atoms with E-state index < -0.39 is 0 Å². The topological polar surface area (TPSA) is 39.2 Å². The summed E-state index contributed by atoms with van der Waals surface area (Å²) < 4.78 is 5.47. The lowest BCUT2D eigenvalue weighted by Gasteiger charge is -2.05. The Hall–Kier alpha value is -1.38. The number of pyridine rings is 1. The average Bonchev–Trinajstić information content (AvgIpc) is 2.38. The maximum Gasteiger partial charge on any atom is 0.178 e. The monoisotopic (exact) mass is 237 g/mol. The predicted molar refractivity (Wildman–Crippen MR) is 70.6 cm³/mol. The Morgan fingerprint density at radius 1 is 1.29 bits per heavy atom. The molecule has 1 rings (SSSR count). The van der Waals surface area contributed by atoms with Crippen molar-refractivity contribution in [3.05, 3.63) is 24.0 Å². The number of carbonyl (C=O) groups excluding carboxylic acids is 1. The van der Waals surface area contributed by atoms with E-state index in [1.165, 1.54) is 19.8 Å². The predicted octanol–water partition coefficient (Wildman–Crippen LogP) is 3.88. The first-order chi connectivity index (χ1) is 8.24. The number of ketones is 1. The lowest BCUT2D eigenvalue weighted by molar-refractivity contribution is 0.101. The molecule has 0 saturated carbocycles. The second kappa shape index (κ2) is 9.82. The largest absolute Gasteiger partial charge is 0.492 e. The minimum atomic E-state index is -0.0208. The fraction of sp³-hybridized carbons (Fsp3) is 0.571. The molecular formula is C14H23NO2. The lowest BCUT2D eigenvalue weighted by atomic mass is 10.2. The molecule has 1 aromatic rings. The Balaban J connectivity index is 0.00000121. The van der Waals surface area contributed by atoms with Crippen LogP contribution >= 0.6 is 0 Å². The number of hydrogen-bond acceptors (Lipinski definition) is 3. The molecule has 0 aromatic carbocycles. The second-order valence-corrected chi connectivity index (χ2v) is 3.49. The van der Waals surface area contributed by atoms with Crippen LogP contribution in [-0.2, 0) is 0 Å². The molecule has 0 amide bonds. The SMILES string of the molecule is CC.CCCCCOc1ccc(C(C)=O)nc1. The van der Waals surface area contributed by atoms with Crippen LogP contribution in [-0.4, -0.2) is 17.4 Å². The summed E-state index contributed by atoms with van der Waals surface area (Å²) in [4.78, 5) is 15.0. The molecule has 0 radical (unpaired) electrons. The Bertz CT molecular complexity index is 307. The van der Waals surface area contributed by atoms with Crippen molar-refractivity contribution in [2.75, 3.05) is 6.61 Å². The first kappa shape index (κ1) is 15.6. The highest BCUT2D eigenvalue weighted by atomic mass is 16.5. The molecule has 17 heavy (non-hydrogen) atoms. The molecule has 3 heteroatoms. The highest BCUT2D eigenvalue weighted by molar-refractivity contribution is 5.92. The molecule has 0 saturated heterocycles. The van der Waals surface area contributed by atoms with Gasteiger partial charge in [0.15, 0.2) is 5.78 Å². The zero-order valence-electron chi connectivity index (χ0n) is 11.3. The van der Waals surface area contributed by atoms with Crippen LogP contribution in [0.3, 0.4) is 0 Å². The van der Waals surface area contributed by atoms with Crippen LogP contribution < -0.4 is 4.74 Å². The summed E-state index contributed by atoms with van der Waals surface area (Å²) in [5, 5.41) is 0. The number of unbranched alkanes of at least 4 members (excludes halogenated alkanes) is 2. The van der Waals surface area contributed by atoms with Gasteiger partial charge in [-0.1, -0.05) is 33.6 Å². The molecule has 0 unspecified atom stereocenters. The number of Topliss-reactive ketones (excluding diaryl/α,β-unsaturated/α-hetero) is 1. The summed E-state index contributed by atoms with van der Waals surface area (Å²) in [6.45, 7) is 8.38. The molecule has 96 valence electrons. The van der Waals surface area contributed by atoms with Gasteiger partial charge in [0.2, 0.25) is 0 Å². The van der Waals surface area contributed by atoms with E-state index in [4.69, 9.17) is 4.74 Å². The summed E-state index contributed by atoms with van der Waals surface area (Å²) in [7, 11) is 0. The number of aromatic nitrogens is 1. The van der Waals surface area contributed by atoms with E-state index in [-0.39, 0.29) is 5.78 Å². The van der Waals surface area contributed by atoms with Gasteiger partial charge >= 0.3 is 0 Å². The minimum absolute atomic E-state index is 0.0208. The van der Waals surface area contributed by atoms with Crippen LogP contribution in [0.4, 0.5) is 0 Å². The molecule has 0 aliphatic rings. The lowest BCUT2D eigenvalue weighted by Crippen LogP contribution is -2.00. The van der Waals surface area contributed by atoms with E-state index in [0.717, 1.165) is 18.8 Å². The van der Waals surface area contributed by atoms with Crippen molar-refractivity contribution in [1.29, 1.82) is 0 Å². The molecule has 0 bridgehead atoms. The summed E-state index contributed by atoms with van der Waals surface area (Å²) in [5.74, 6) is 0.712. The second-order valence-electron chi connectivity index (χ2n) is 3.49. The van der Waals surface area contributed by atoms with E-state index in [1.807, 2.05) is 13.8 Å². The molecule has 1 aromatic heterocycles. The van der Waals surface area contributed by atoms with Gasteiger partial charge in [0.25, 0.3) is 0 Å². The van der Waals surface area contributed by atoms with Gasteiger partial charge in [-0.2, -0.15) is 0 Å². The molecule has 0 spiro atoms. The van der Waals surface area contributed by atoms with Gasteiger partial charge in [-0.25, -0.2) is 4.98 Å². The standard InChI is InChI=1S/C12H17NO2.C2H6/c1-3-4-5-8-15-11-6-7-12(10(2)14)13-9-11;1-2/h6-7,9H,3-5,8H2,1-2H3;1-2H3. The summed E-state index contributed by atoms with van der Waals surface area (Å²) in [5.41, 5.74) is 0.482. The van der Waals surface area contributed by atoms with Crippen LogP contribution in [0.5, 0.6) is 5.75 Å². The third-order valence-electron chi connectivity index (χ3n) is 2.11. The Morgan fingerprint density at radius 2 is 2.00 bits per heavy atom. The molecule has 0 aliphatic carbocycles. The van der Waals surface area contributed by atoms with Gasteiger partial charge in [0.1, 0.15) is 11.4 Å². The van der Waals surface area contributed by atoms with Crippen molar-refractivity contribution in [2.45, 2.75) is 47.0 Å². The normalized spacial score (nSPS) is 9.18. The van der Waals surface area contributed by atoms with E-state index in [0.29, 0.717) is 5.69 Å². The van der Waals surface area contributed by atoms with Crippen molar-refractivity contribution in [1.82, 2.24) is 4.98 Å². The quantitative estimate of drug-likeness (QED) is 0.556. The van der Waals surface area contributed by atoms with Crippen molar-refractivity contribution >= 4 is 5.78 Å². The van der Waals surface area contributed by atoms with Gasteiger partial charge in [-0.15, -0.1) is 0 Å². The number of carbonyl (C=O) groups is 1. The summed E-state index contributed by atoms with van der Waals surface area (Å²) >= 11 is 0. The van der Waals surface area contributed by atoms with Crippen LogP contribution in [0.15, 0.2) is 18.3 Å². The van der Waals surface area contributed by atoms with Crippen molar-refractivity contribution < 1.29 is 9.53 Å². The molecule has 0 atom stereocenters. The third kappa shape index (κ3) is 6.72. The number of nitrogens with zero attached hydrogens (tertiary/aromatic N) is 1. The van der Waals surface area contributed by atoms with Gasteiger partial charge < -0.3 is 4.74 Å². The van der Waals surface area contributed by atoms with Crippen molar-refractivity contribution in [3.63, 3.8) is 0 Å². The van der Waals surface area contributed by atoms with Gasteiger partial charge in [-0.3, -0.25) is 4.79 Å². The highest BCUT2D eigenvalue weighted by Gasteiger charge is 2.00. The first-order valence-electron chi connectivity index (χ1n) is 6.34. The van der Waals surface area contributed by atoms with Gasteiger partial charge in [-0.05, 0) is 18.6 Å². The van der Waals surface area contributed by atoms with Crippen molar-refractivity contribution in [3.8, 4) is 5.75 Å². The smallest absolute Gasteiger partial charge is 0.178 e. The average molecular weight is 237 g/mol. The maximum absolute atomic E-state index is 11.0. The number of hydrogen-bond donors (Lipinski definition) is 0. The van der Waals surface area contributed by atoms with Gasteiger partial charge in [0, 0.05) is 6.92 Å². The molecule has 3 nitrogen and oxygen atoms in total. The fourth-order valence-electron chi connectivity index (χ4n) is 1.22. The summed E-state index contributed by atoms with van der Waals surface area (Å²) in [6.07, 6.45) is 5.03. The Morgan fingerprint density at radius 3 is 2.47 bits per heavy atom. The molecule has 1 heterocycles. The zero-order valence-corrected chi connectivity index (χ0v) is 11.3. The van der Waals surface area contributed by atoms with Crippen LogP contribution in [0.25, 0.3) is 0 Å². The summed E-state index contributed by atoms with van der Waals surface area (Å²) in [6, 6.07) is 3.48. The fourth-order valence-corrected chi connectivity index (χ4v) is 1.22. The Kier molecular flexibility index (Phi) is 9.02. The zero-order chi connectivity index (χ0) is 13.1. The molecule has 0 aliphatic heterocycles. The molecule has 0 fully saturated rings. The van der Waals surface area contributed by atoms with Crippen molar-refractivity contribution in [2.24, 2.45) is 0 Å². The van der Waals surface area contributed by atoms with Gasteiger partial charge in [0.05, 0.1) is 12.8 Å². The first-order valence-corrected chi connectivity index (χ1v) is 6.34. The number of rotatable bonds is 6. The Labute approximate surface area is 104 Å². The number of ether oxygens (including phenoxy) is 1. The minimum Gasteiger partial charge on any atom is -0.492 e. The van der Waals surface area contributed by atoms with E-state index in [9.17, 15) is 4.79 Å². The highest BCUT2D eigenvalue weighted by Crippen LogP contribution is 2.10. The molecule has 0 N–H and O–H groups in total. The van der Waals surface area contributed by atoms with E-state index in [1.54, 1.807) is 18.3 Å². The maximum atomic E-state index is 11.0. The third-order valence-corrected chi connectivity index (χ3v) is 2.11. The van der Waals surface area contributed by atoms with Crippen LogP contribution in [0, 0.1) is 0 Å². The van der Waals surface area contributed by atoms with E-state index >= 15 is 0 Å². The van der Waals surface area contributed by atoms with Crippen LogP contribution in [0.1, 0.15) is 57.4 Å². The van der Waals surface area contributed by atoms with E-state index in [2.05, 4.69) is 11.9 Å².